The number of hydrogen-bond donors (Lipinski definition) is 3. The van der Waals surface area contributed by atoms with E-state index in [9.17, 15) is 26.4 Å². The number of carboxylic acids is 1. The number of carbonyl (C=O) groups is 1. The van der Waals surface area contributed by atoms with Gasteiger partial charge < -0.3 is 5.11 Å². The summed E-state index contributed by atoms with van der Waals surface area (Å²) in [5.74, 6) is -2.93. The topological polar surface area (TPSA) is 109 Å². The number of nitrogens with one attached hydrogen (secondary N) is 1. The summed E-state index contributed by atoms with van der Waals surface area (Å²) in [6.45, 7) is -0.306. The van der Waals surface area contributed by atoms with Crippen molar-refractivity contribution in [3.05, 3.63) is 0 Å². The molecule has 0 aromatic carbocycles. The van der Waals surface area contributed by atoms with Gasteiger partial charge in [-0.3, -0.25) is 5.32 Å². The van der Waals surface area contributed by atoms with Crippen molar-refractivity contribution in [1.82, 2.24) is 5.32 Å². The van der Waals surface area contributed by atoms with Gasteiger partial charge in [0.2, 0.25) is 15.6 Å². The van der Waals surface area contributed by atoms with E-state index in [2.05, 4.69) is 5.14 Å². The average Bonchev–Trinajstić information content (AvgIpc) is 1.98. The minimum atomic E-state index is -5.04. The van der Waals surface area contributed by atoms with E-state index >= 15 is 0 Å². The Balaban J connectivity index is 4.68. The van der Waals surface area contributed by atoms with Crippen LogP contribution in [0, 0.1) is 0 Å². The van der Waals surface area contributed by atoms with E-state index in [0.29, 0.717) is 6.92 Å². The third kappa shape index (κ3) is 3.94. The lowest BCUT2D eigenvalue weighted by molar-refractivity contribution is -0.205. The highest BCUT2D eigenvalue weighted by atomic mass is 32.2. The summed E-state index contributed by atoms with van der Waals surface area (Å²) < 4.78 is 57.9. The molecule has 96 valence electrons. The van der Waals surface area contributed by atoms with Gasteiger partial charge in [0.25, 0.3) is 0 Å². The number of alkyl halides is 3. The molecular formula is C6H11F3N2O4S. The summed E-state index contributed by atoms with van der Waals surface area (Å²) in [6.07, 6.45) is -5.04. The Morgan fingerprint density at radius 3 is 2.12 bits per heavy atom. The molecule has 0 amide bonds. The maximum Gasteiger partial charge on any atom is 0.417 e. The highest BCUT2D eigenvalue weighted by molar-refractivity contribution is 7.89. The van der Waals surface area contributed by atoms with E-state index in [4.69, 9.17) is 5.11 Å². The zero-order chi connectivity index (χ0) is 13.2. The number of carboxylic acid groups (broad SMARTS) is 1. The molecule has 10 heteroatoms. The molecule has 1 atom stereocenters. The summed E-state index contributed by atoms with van der Waals surface area (Å²) in [7, 11) is -3.94. The number of aliphatic carboxylic acids is 1. The normalized spacial score (nSPS) is 16.8. The lowest BCUT2D eigenvalue weighted by Gasteiger charge is -2.28. The average molecular weight is 264 g/mol. The van der Waals surface area contributed by atoms with Gasteiger partial charge in [-0.1, -0.05) is 0 Å². The molecule has 0 saturated carbocycles. The Kier molecular flexibility index (Phi) is 4.31. The fourth-order valence-electron chi connectivity index (χ4n) is 0.740. The third-order valence-electron chi connectivity index (χ3n) is 1.86. The number of primary sulfonamides is 1. The Morgan fingerprint density at radius 2 is 1.88 bits per heavy atom. The second-order valence-corrected chi connectivity index (χ2v) is 4.96. The molecule has 16 heavy (non-hydrogen) atoms. The largest absolute Gasteiger partial charge is 0.480 e. The van der Waals surface area contributed by atoms with Crippen molar-refractivity contribution in [3.63, 3.8) is 0 Å². The van der Waals surface area contributed by atoms with Crippen LogP contribution < -0.4 is 10.5 Å². The number of rotatable bonds is 5. The van der Waals surface area contributed by atoms with Crippen LogP contribution in [0.25, 0.3) is 0 Å². The molecule has 0 rings (SSSR count). The van der Waals surface area contributed by atoms with Crippen molar-refractivity contribution in [1.29, 1.82) is 0 Å². The van der Waals surface area contributed by atoms with Gasteiger partial charge in [-0.15, -0.1) is 0 Å². The molecule has 4 N–H and O–H groups in total. The van der Waals surface area contributed by atoms with Crippen molar-refractivity contribution in [2.75, 3.05) is 12.3 Å². The van der Waals surface area contributed by atoms with Crippen LogP contribution in [0.15, 0.2) is 0 Å². The number of halogens is 3. The molecule has 0 radical (unpaired) electrons. The second-order valence-electron chi connectivity index (χ2n) is 3.22. The molecule has 0 bridgehead atoms. The van der Waals surface area contributed by atoms with E-state index in [1.807, 2.05) is 0 Å². The van der Waals surface area contributed by atoms with Crippen molar-refractivity contribution in [2.45, 2.75) is 18.6 Å². The summed E-state index contributed by atoms with van der Waals surface area (Å²) in [5, 5.41) is 14.6. The highest BCUT2D eigenvalue weighted by Gasteiger charge is 2.57. The molecular weight excluding hydrogens is 253 g/mol. The summed E-state index contributed by atoms with van der Waals surface area (Å²) in [6, 6.07) is 0. The van der Waals surface area contributed by atoms with Crippen LogP contribution in [-0.4, -0.2) is 43.5 Å². The molecule has 0 saturated heterocycles. The van der Waals surface area contributed by atoms with Gasteiger partial charge >= 0.3 is 12.1 Å². The molecule has 0 aromatic rings. The summed E-state index contributed by atoms with van der Waals surface area (Å²) >= 11 is 0. The predicted octanol–water partition coefficient (Wildman–Crippen LogP) is -0.730. The molecule has 1 unspecified atom stereocenters. The first-order valence-corrected chi connectivity index (χ1v) is 5.67. The minimum Gasteiger partial charge on any atom is -0.480 e. The molecule has 0 aliphatic carbocycles. The fourth-order valence-corrected chi connectivity index (χ4v) is 1.13. The minimum absolute atomic E-state index is 0.401. The van der Waals surface area contributed by atoms with E-state index < -0.39 is 40.0 Å². The monoisotopic (exact) mass is 264 g/mol. The zero-order valence-electron chi connectivity index (χ0n) is 8.21. The fraction of sp³-hybridized carbons (Fsp3) is 0.833. The standard InChI is InChI=1S/C6H11F3N2O4S/c1-5(4(12)13,6(7,8)9)11-2-3-16(10,14)15/h11H,2-3H2,1H3,(H,12,13)(H2,10,14,15). The molecule has 0 aliphatic rings. The van der Waals surface area contributed by atoms with Crippen LogP contribution in [0.4, 0.5) is 13.2 Å². The lowest BCUT2D eigenvalue weighted by atomic mass is 10.0. The first kappa shape index (κ1) is 15.1. The maximum absolute atomic E-state index is 12.4. The van der Waals surface area contributed by atoms with Gasteiger partial charge in [0.05, 0.1) is 5.75 Å². The predicted molar refractivity (Wildman–Crippen MR) is 48.1 cm³/mol. The SMILES string of the molecule is CC(NCCS(N)(=O)=O)(C(=O)O)C(F)(F)F. The van der Waals surface area contributed by atoms with E-state index in [-0.39, 0.29) is 0 Å². The molecule has 0 aliphatic heterocycles. The number of sulfonamides is 1. The third-order valence-corrected chi connectivity index (χ3v) is 2.63. The Bertz CT molecular complexity index is 366. The molecule has 0 heterocycles. The van der Waals surface area contributed by atoms with Gasteiger partial charge in [-0.25, -0.2) is 18.4 Å². The van der Waals surface area contributed by atoms with E-state index in [0.717, 1.165) is 0 Å². The van der Waals surface area contributed by atoms with Crippen molar-refractivity contribution >= 4 is 16.0 Å². The molecule has 0 spiro atoms. The van der Waals surface area contributed by atoms with Crippen LogP contribution in [0.3, 0.4) is 0 Å². The number of nitrogens with two attached hydrogens (primary N) is 1. The van der Waals surface area contributed by atoms with Crippen LogP contribution in [0.1, 0.15) is 6.92 Å². The van der Waals surface area contributed by atoms with Gasteiger partial charge in [0.1, 0.15) is 0 Å². The van der Waals surface area contributed by atoms with Gasteiger partial charge in [0, 0.05) is 6.54 Å². The van der Waals surface area contributed by atoms with E-state index in [1.165, 1.54) is 0 Å². The Hall–Kier alpha value is -0.870. The lowest BCUT2D eigenvalue weighted by Crippen LogP contribution is -2.61. The second kappa shape index (κ2) is 4.55. The van der Waals surface area contributed by atoms with Crippen LogP contribution >= 0.6 is 0 Å². The van der Waals surface area contributed by atoms with Crippen molar-refractivity contribution in [3.8, 4) is 0 Å². The van der Waals surface area contributed by atoms with Gasteiger partial charge in [0.15, 0.2) is 0 Å². The molecule has 0 fully saturated rings. The maximum atomic E-state index is 12.4. The Labute approximate surface area is 89.7 Å². The van der Waals surface area contributed by atoms with Gasteiger partial charge in [-0.05, 0) is 6.92 Å². The van der Waals surface area contributed by atoms with Crippen molar-refractivity contribution < 1.29 is 31.5 Å². The van der Waals surface area contributed by atoms with E-state index in [1.54, 1.807) is 5.32 Å². The smallest absolute Gasteiger partial charge is 0.417 e. The Morgan fingerprint density at radius 1 is 1.44 bits per heavy atom. The zero-order valence-corrected chi connectivity index (χ0v) is 9.02. The summed E-state index contributed by atoms with van der Waals surface area (Å²) in [5.41, 5.74) is -3.20. The summed E-state index contributed by atoms with van der Waals surface area (Å²) in [4.78, 5) is 10.5. The van der Waals surface area contributed by atoms with Gasteiger partial charge in [-0.2, -0.15) is 13.2 Å². The molecule has 0 aromatic heterocycles. The van der Waals surface area contributed by atoms with Crippen LogP contribution in [0.2, 0.25) is 0 Å². The first-order valence-electron chi connectivity index (χ1n) is 3.96. The van der Waals surface area contributed by atoms with Crippen LogP contribution in [0.5, 0.6) is 0 Å². The number of hydrogen-bond acceptors (Lipinski definition) is 4. The van der Waals surface area contributed by atoms with Crippen LogP contribution in [-0.2, 0) is 14.8 Å². The first-order chi connectivity index (χ1) is 6.90. The molecule has 6 nitrogen and oxygen atoms in total. The quantitative estimate of drug-likeness (QED) is 0.606. The highest BCUT2D eigenvalue weighted by Crippen LogP contribution is 2.30. The van der Waals surface area contributed by atoms with Crippen molar-refractivity contribution in [2.24, 2.45) is 5.14 Å².